The summed E-state index contributed by atoms with van der Waals surface area (Å²) in [5.74, 6) is -0.511. The van der Waals surface area contributed by atoms with Gasteiger partial charge in [-0.25, -0.2) is 4.68 Å². The van der Waals surface area contributed by atoms with E-state index in [-0.39, 0.29) is 15.1 Å². The molecule has 33 heavy (non-hydrogen) atoms. The molecule has 0 saturated heterocycles. The quantitative estimate of drug-likeness (QED) is 0.366. The molecular weight excluding hydrogens is 451 g/mol. The third-order valence-electron chi connectivity index (χ3n) is 4.93. The van der Waals surface area contributed by atoms with Crippen LogP contribution in [0.1, 0.15) is 20.9 Å². The Morgan fingerprint density at radius 3 is 2.42 bits per heavy atom. The lowest BCUT2D eigenvalue weighted by Crippen LogP contribution is -2.10. The van der Waals surface area contributed by atoms with E-state index in [9.17, 15) is 18.0 Å². The lowest BCUT2D eigenvalue weighted by atomic mass is 10.2. The number of halogens is 3. The van der Waals surface area contributed by atoms with Gasteiger partial charge in [-0.2, -0.15) is 23.4 Å². The number of para-hydroxylation sites is 1. The van der Waals surface area contributed by atoms with Crippen molar-refractivity contribution >= 4 is 33.1 Å². The number of amides is 1. The normalized spacial score (nSPS) is 11.7. The highest BCUT2D eigenvalue weighted by Gasteiger charge is 2.38. The Balaban J connectivity index is 1.43. The Labute approximate surface area is 189 Å². The van der Waals surface area contributed by atoms with Gasteiger partial charge in [0.25, 0.3) is 5.91 Å². The monoisotopic (exact) mass is 467 g/mol. The number of hydrogen-bond donors (Lipinski definition) is 1. The van der Waals surface area contributed by atoms with E-state index in [4.69, 9.17) is 0 Å². The van der Waals surface area contributed by atoms with E-state index in [1.54, 1.807) is 41.2 Å². The molecule has 1 N–H and O–H groups in total. The second-order valence-corrected chi connectivity index (χ2v) is 8.32. The number of aromatic nitrogens is 4. The van der Waals surface area contributed by atoms with Gasteiger partial charge < -0.3 is 5.32 Å². The summed E-state index contributed by atoms with van der Waals surface area (Å²) in [4.78, 5) is 13.2. The molecule has 0 fully saturated rings. The van der Waals surface area contributed by atoms with Crippen LogP contribution in [0.5, 0.6) is 0 Å². The van der Waals surface area contributed by atoms with Gasteiger partial charge in [-0.15, -0.1) is 11.3 Å². The Kier molecular flexibility index (Phi) is 5.21. The molecule has 0 radical (unpaired) electrons. The van der Waals surface area contributed by atoms with Gasteiger partial charge >= 0.3 is 6.18 Å². The van der Waals surface area contributed by atoms with Crippen molar-refractivity contribution in [1.82, 2.24) is 19.6 Å². The van der Waals surface area contributed by atoms with Crippen molar-refractivity contribution in [3.8, 4) is 5.69 Å². The highest BCUT2D eigenvalue weighted by molar-refractivity contribution is 7.20. The number of alkyl halides is 3. The van der Waals surface area contributed by atoms with Gasteiger partial charge in [0.1, 0.15) is 4.83 Å². The van der Waals surface area contributed by atoms with Crippen LogP contribution in [0.2, 0.25) is 0 Å². The zero-order chi connectivity index (χ0) is 23.0. The number of benzene rings is 2. The van der Waals surface area contributed by atoms with Gasteiger partial charge in [0.15, 0.2) is 5.69 Å². The van der Waals surface area contributed by atoms with Crippen LogP contribution in [0.3, 0.4) is 0 Å². The van der Waals surface area contributed by atoms with Gasteiger partial charge in [0.05, 0.1) is 29.0 Å². The summed E-state index contributed by atoms with van der Waals surface area (Å²) in [7, 11) is 0. The van der Waals surface area contributed by atoms with Gasteiger partial charge in [0.2, 0.25) is 0 Å². The predicted molar refractivity (Wildman–Crippen MR) is 120 cm³/mol. The van der Waals surface area contributed by atoms with Crippen molar-refractivity contribution in [2.75, 3.05) is 5.32 Å². The molecule has 2 aromatic carbocycles. The van der Waals surface area contributed by atoms with Crippen LogP contribution in [0.4, 0.5) is 18.9 Å². The number of thiophene rings is 1. The first kappa shape index (κ1) is 21.0. The number of rotatable bonds is 5. The maximum atomic E-state index is 13.6. The third kappa shape index (κ3) is 4.24. The highest BCUT2D eigenvalue weighted by atomic mass is 32.1. The second kappa shape index (κ2) is 8.21. The minimum Gasteiger partial charge on any atom is -0.319 e. The topological polar surface area (TPSA) is 64.7 Å². The largest absolute Gasteiger partial charge is 0.435 e. The van der Waals surface area contributed by atoms with Gasteiger partial charge in [-0.3, -0.25) is 9.48 Å². The summed E-state index contributed by atoms with van der Waals surface area (Å²) in [6.07, 6.45) is -1.47. The first-order chi connectivity index (χ1) is 15.9. The Morgan fingerprint density at radius 1 is 1.03 bits per heavy atom. The van der Waals surface area contributed by atoms with Crippen LogP contribution >= 0.6 is 11.3 Å². The molecule has 0 unspecified atom stereocenters. The van der Waals surface area contributed by atoms with E-state index in [2.05, 4.69) is 15.5 Å². The van der Waals surface area contributed by atoms with Crippen LogP contribution in [0.15, 0.2) is 79.1 Å². The summed E-state index contributed by atoms with van der Waals surface area (Å²) in [6, 6.07) is 19.4. The van der Waals surface area contributed by atoms with Crippen molar-refractivity contribution in [3.05, 3.63) is 95.3 Å². The van der Waals surface area contributed by atoms with E-state index >= 15 is 0 Å². The lowest BCUT2D eigenvalue weighted by Gasteiger charge is -2.04. The van der Waals surface area contributed by atoms with E-state index in [1.807, 2.05) is 30.3 Å². The van der Waals surface area contributed by atoms with Gasteiger partial charge in [-0.05, 0) is 23.8 Å². The van der Waals surface area contributed by atoms with Gasteiger partial charge in [-0.1, -0.05) is 48.5 Å². The molecule has 5 rings (SSSR count). The summed E-state index contributed by atoms with van der Waals surface area (Å²) in [6.45, 7) is 0.529. The van der Waals surface area contributed by atoms with Crippen molar-refractivity contribution in [3.63, 3.8) is 0 Å². The first-order valence-corrected chi connectivity index (χ1v) is 10.7. The zero-order valence-corrected chi connectivity index (χ0v) is 17.8. The molecule has 0 aliphatic heterocycles. The molecule has 10 heteroatoms. The zero-order valence-electron chi connectivity index (χ0n) is 17.0. The molecule has 0 aliphatic carbocycles. The van der Waals surface area contributed by atoms with Crippen LogP contribution in [-0.2, 0) is 12.7 Å². The second-order valence-electron chi connectivity index (χ2n) is 7.29. The minimum atomic E-state index is -4.65. The van der Waals surface area contributed by atoms with Crippen LogP contribution in [0, 0.1) is 0 Å². The van der Waals surface area contributed by atoms with Crippen molar-refractivity contribution in [2.24, 2.45) is 0 Å². The Hall–Kier alpha value is -3.92. The maximum Gasteiger partial charge on any atom is 0.435 e. The van der Waals surface area contributed by atoms with Crippen LogP contribution in [-0.4, -0.2) is 25.5 Å². The van der Waals surface area contributed by atoms with Crippen LogP contribution in [0.25, 0.3) is 15.9 Å². The fraction of sp³-hybridized carbons (Fsp3) is 0.0870. The van der Waals surface area contributed by atoms with E-state index in [1.165, 1.54) is 16.9 Å². The minimum absolute atomic E-state index is 0.110. The SMILES string of the molecule is O=C(Nc1cnn(Cc2ccccc2)c1)c1cc2c(C(F)(F)F)nn(-c3ccccc3)c2s1. The molecule has 6 nitrogen and oxygen atoms in total. The molecular formula is C23H16F3N5OS. The molecule has 3 heterocycles. The molecule has 0 spiro atoms. The fourth-order valence-corrected chi connectivity index (χ4v) is 4.48. The summed E-state index contributed by atoms with van der Waals surface area (Å²) < 4.78 is 43.7. The first-order valence-electron chi connectivity index (χ1n) is 9.91. The highest BCUT2D eigenvalue weighted by Crippen LogP contribution is 2.39. The smallest absolute Gasteiger partial charge is 0.319 e. The molecule has 5 aromatic rings. The van der Waals surface area contributed by atoms with Gasteiger partial charge in [0, 0.05) is 11.6 Å². The number of nitrogens with zero attached hydrogens (tertiary/aromatic N) is 4. The van der Waals surface area contributed by atoms with Crippen molar-refractivity contribution < 1.29 is 18.0 Å². The number of carbonyl (C=O) groups is 1. The van der Waals surface area contributed by atoms with E-state index in [0.29, 0.717) is 17.9 Å². The molecule has 166 valence electrons. The molecule has 0 saturated carbocycles. The average molecular weight is 467 g/mol. The average Bonchev–Trinajstić information content (AvgIpc) is 3.50. The van der Waals surface area contributed by atoms with Crippen LogP contribution < -0.4 is 5.32 Å². The van der Waals surface area contributed by atoms with E-state index < -0.39 is 17.8 Å². The summed E-state index contributed by atoms with van der Waals surface area (Å²) >= 11 is 0.954. The lowest BCUT2D eigenvalue weighted by molar-refractivity contribution is -0.140. The Bertz CT molecular complexity index is 1420. The molecule has 1 amide bonds. The summed E-state index contributed by atoms with van der Waals surface area (Å²) in [5.41, 5.74) is 0.962. The predicted octanol–water partition coefficient (Wildman–Crippen LogP) is 5.60. The molecule has 0 bridgehead atoms. The summed E-state index contributed by atoms with van der Waals surface area (Å²) in [5, 5.41) is 10.6. The number of fused-ring (bicyclic) bond motifs is 1. The molecule has 3 aromatic heterocycles. The molecule has 0 aliphatic rings. The van der Waals surface area contributed by atoms with Crippen molar-refractivity contribution in [1.29, 1.82) is 0 Å². The fourth-order valence-electron chi connectivity index (χ4n) is 3.45. The standard InChI is InChI=1S/C23H16F3N5OS/c24-23(25,26)20-18-11-19(33-22(18)31(29-20)17-9-5-2-6-10-17)21(32)28-16-12-27-30(14-16)13-15-7-3-1-4-8-15/h1-12,14H,13H2,(H,28,32). The van der Waals surface area contributed by atoms with Crippen molar-refractivity contribution in [2.45, 2.75) is 12.7 Å². The number of carbonyl (C=O) groups excluding carboxylic acids is 1. The molecule has 0 atom stereocenters. The number of hydrogen-bond acceptors (Lipinski definition) is 4. The Morgan fingerprint density at radius 2 is 1.73 bits per heavy atom. The third-order valence-corrected chi connectivity index (χ3v) is 6.04. The number of nitrogens with one attached hydrogen (secondary N) is 1. The maximum absolute atomic E-state index is 13.6. The number of anilines is 1. The van der Waals surface area contributed by atoms with E-state index in [0.717, 1.165) is 16.9 Å².